The van der Waals surface area contributed by atoms with Gasteiger partial charge in [-0.05, 0) is 58.3 Å². The fourth-order valence-corrected chi connectivity index (χ4v) is 3.11. The maximum absolute atomic E-state index is 5.87. The van der Waals surface area contributed by atoms with Gasteiger partial charge < -0.3 is 15.0 Å². The van der Waals surface area contributed by atoms with Crippen LogP contribution in [0, 0.1) is 13.8 Å². The molecule has 0 saturated carbocycles. The van der Waals surface area contributed by atoms with Crippen LogP contribution in [-0.2, 0) is 0 Å². The van der Waals surface area contributed by atoms with Crippen molar-refractivity contribution in [2.45, 2.75) is 13.8 Å². The molecule has 4 aromatic rings. The van der Waals surface area contributed by atoms with Crippen molar-refractivity contribution in [2.24, 2.45) is 0 Å². The van der Waals surface area contributed by atoms with E-state index >= 15 is 0 Å². The monoisotopic (exact) mass is 402 g/mol. The molecule has 0 atom stereocenters. The highest BCUT2D eigenvalue weighted by Gasteiger charge is 2.11. The second kappa shape index (κ2) is 8.51. The molecule has 154 valence electrons. The van der Waals surface area contributed by atoms with Crippen molar-refractivity contribution in [1.29, 1.82) is 0 Å². The predicted molar refractivity (Wildman–Crippen MR) is 120 cm³/mol. The smallest absolute Gasteiger partial charge is 0.161 e. The zero-order valence-electron chi connectivity index (χ0n) is 17.7. The third-order valence-electron chi connectivity index (χ3n) is 4.99. The molecule has 0 aliphatic carbocycles. The molecular weight excluding hydrogens is 376 g/mol. The maximum atomic E-state index is 5.87. The van der Waals surface area contributed by atoms with Crippen molar-refractivity contribution in [3.8, 4) is 17.1 Å². The molecule has 0 spiro atoms. The van der Waals surface area contributed by atoms with Crippen LogP contribution >= 0.6 is 0 Å². The summed E-state index contributed by atoms with van der Waals surface area (Å²) in [6.45, 7) is 5.52. The number of nitrogens with one attached hydrogen (secondary N) is 2. The molecule has 0 fully saturated rings. The minimum absolute atomic E-state index is 0.632. The number of hydrogen-bond donors (Lipinski definition) is 2. The van der Waals surface area contributed by atoms with E-state index in [1.54, 1.807) is 0 Å². The average Bonchev–Trinajstić information content (AvgIpc) is 3.19. The molecule has 4 rings (SSSR count). The van der Waals surface area contributed by atoms with Gasteiger partial charge in [0.1, 0.15) is 18.2 Å². The van der Waals surface area contributed by atoms with Crippen LogP contribution in [0.2, 0.25) is 0 Å². The summed E-state index contributed by atoms with van der Waals surface area (Å²) in [6.07, 6.45) is 1.81. The zero-order valence-corrected chi connectivity index (χ0v) is 17.7. The Bertz CT molecular complexity index is 1170. The van der Waals surface area contributed by atoms with E-state index in [4.69, 9.17) is 14.7 Å². The number of anilines is 2. The first-order chi connectivity index (χ1) is 14.5. The first-order valence-corrected chi connectivity index (χ1v) is 9.93. The largest absolute Gasteiger partial charge is 0.492 e. The molecule has 0 amide bonds. The lowest BCUT2D eigenvalue weighted by Crippen LogP contribution is -2.19. The third kappa shape index (κ3) is 4.41. The highest BCUT2D eigenvalue weighted by atomic mass is 16.5. The number of nitrogens with zero attached hydrogens (tertiary/aromatic N) is 4. The van der Waals surface area contributed by atoms with Gasteiger partial charge in [-0.3, -0.25) is 5.10 Å². The van der Waals surface area contributed by atoms with E-state index in [-0.39, 0.29) is 0 Å². The second-order valence-electron chi connectivity index (χ2n) is 7.58. The number of fused-ring (bicyclic) bond motifs is 1. The number of aryl methyl sites for hydroxylation is 1. The van der Waals surface area contributed by atoms with E-state index in [0.717, 1.165) is 51.5 Å². The summed E-state index contributed by atoms with van der Waals surface area (Å²) in [5.41, 5.74) is 4.84. The predicted octanol–water partition coefficient (Wildman–Crippen LogP) is 4.32. The number of rotatable bonds is 7. The highest BCUT2D eigenvalue weighted by Crippen LogP contribution is 2.27. The van der Waals surface area contributed by atoms with Crippen molar-refractivity contribution in [2.75, 3.05) is 32.6 Å². The number of H-pyrrole nitrogens is 1. The Morgan fingerprint density at radius 2 is 1.93 bits per heavy atom. The minimum Gasteiger partial charge on any atom is -0.492 e. The molecule has 0 radical (unpaired) electrons. The standard InChI is InChI=1S/C23H26N6O/c1-15-16(2)25-23(17-6-5-7-20(13-17)30-11-10-29(3)4)27-22(15)26-19-8-9-21-18(12-19)14-24-28-21/h5-9,12-14H,10-11H2,1-4H3,(H,24,28)(H,25,26,27). The van der Waals surface area contributed by atoms with Gasteiger partial charge in [0.25, 0.3) is 0 Å². The van der Waals surface area contributed by atoms with E-state index < -0.39 is 0 Å². The highest BCUT2D eigenvalue weighted by molar-refractivity contribution is 5.83. The molecule has 7 heteroatoms. The van der Waals surface area contributed by atoms with Gasteiger partial charge in [0, 0.05) is 34.4 Å². The van der Waals surface area contributed by atoms with Crippen molar-refractivity contribution in [3.63, 3.8) is 0 Å². The lowest BCUT2D eigenvalue weighted by Gasteiger charge is -2.14. The summed E-state index contributed by atoms with van der Waals surface area (Å²) < 4.78 is 5.87. The normalized spacial score (nSPS) is 11.2. The zero-order chi connectivity index (χ0) is 21.1. The van der Waals surface area contributed by atoms with E-state index in [9.17, 15) is 0 Å². The van der Waals surface area contributed by atoms with Crippen LogP contribution in [0.3, 0.4) is 0 Å². The van der Waals surface area contributed by atoms with Crippen molar-refractivity contribution in [3.05, 3.63) is 59.9 Å². The molecule has 0 aliphatic heterocycles. The molecule has 0 unspecified atom stereocenters. The van der Waals surface area contributed by atoms with E-state index in [1.165, 1.54) is 0 Å². The number of benzene rings is 2. The second-order valence-corrected chi connectivity index (χ2v) is 7.58. The van der Waals surface area contributed by atoms with Gasteiger partial charge in [-0.1, -0.05) is 12.1 Å². The van der Waals surface area contributed by atoms with E-state index in [0.29, 0.717) is 12.4 Å². The van der Waals surface area contributed by atoms with Gasteiger partial charge in [-0.2, -0.15) is 5.10 Å². The van der Waals surface area contributed by atoms with Crippen LogP contribution in [0.25, 0.3) is 22.3 Å². The van der Waals surface area contributed by atoms with Crippen LogP contribution in [-0.4, -0.2) is 52.3 Å². The van der Waals surface area contributed by atoms with Crippen LogP contribution in [0.5, 0.6) is 5.75 Å². The van der Waals surface area contributed by atoms with Crippen LogP contribution < -0.4 is 10.1 Å². The lowest BCUT2D eigenvalue weighted by atomic mass is 10.1. The van der Waals surface area contributed by atoms with Gasteiger partial charge in [0.15, 0.2) is 5.82 Å². The molecule has 2 N–H and O–H groups in total. The molecule has 2 heterocycles. The van der Waals surface area contributed by atoms with Gasteiger partial charge in [-0.25, -0.2) is 9.97 Å². The number of hydrogen-bond acceptors (Lipinski definition) is 6. The van der Waals surface area contributed by atoms with Gasteiger partial charge in [0.2, 0.25) is 0 Å². The van der Waals surface area contributed by atoms with Crippen molar-refractivity contribution < 1.29 is 4.74 Å². The maximum Gasteiger partial charge on any atom is 0.161 e. The summed E-state index contributed by atoms with van der Waals surface area (Å²) in [4.78, 5) is 11.6. The first-order valence-electron chi connectivity index (χ1n) is 9.93. The number of likely N-dealkylation sites (N-methyl/N-ethyl adjacent to an activating group) is 1. The number of ether oxygens (including phenoxy) is 1. The lowest BCUT2D eigenvalue weighted by molar-refractivity contribution is 0.261. The average molecular weight is 403 g/mol. The fourth-order valence-electron chi connectivity index (χ4n) is 3.11. The summed E-state index contributed by atoms with van der Waals surface area (Å²) >= 11 is 0. The van der Waals surface area contributed by atoms with Crippen molar-refractivity contribution in [1.82, 2.24) is 25.1 Å². The fraction of sp³-hybridized carbons (Fsp3) is 0.261. The van der Waals surface area contributed by atoms with Crippen molar-refractivity contribution >= 4 is 22.4 Å². The molecule has 2 aromatic heterocycles. The molecule has 2 aromatic carbocycles. The number of aromatic amines is 1. The first kappa shape index (κ1) is 19.8. The Labute approximate surface area is 176 Å². The quantitative estimate of drug-likeness (QED) is 0.479. The summed E-state index contributed by atoms with van der Waals surface area (Å²) in [7, 11) is 4.06. The van der Waals surface area contributed by atoms with E-state index in [1.807, 2.05) is 70.5 Å². The topological polar surface area (TPSA) is 79.0 Å². The van der Waals surface area contributed by atoms with Gasteiger partial charge in [-0.15, -0.1) is 0 Å². The molecular formula is C23H26N6O. The Balaban J connectivity index is 1.61. The Hall–Kier alpha value is -3.45. The number of aromatic nitrogens is 4. The van der Waals surface area contributed by atoms with Crippen LogP contribution in [0.1, 0.15) is 11.3 Å². The Morgan fingerprint density at radius 1 is 1.07 bits per heavy atom. The van der Waals surface area contributed by atoms with Crippen LogP contribution in [0.4, 0.5) is 11.5 Å². The molecule has 0 saturated heterocycles. The van der Waals surface area contributed by atoms with Gasteiger partial charge in [0.05, 0.1) is 11.7 Å². The summed E-state index contributed by atoms with van der Waals surface area (Å²) in [5.74, 6) is 2.28. The molecule has 0 aliphatic rings. The molecule has 30 heavy (non-hydrogen) atoms. The molecule has 7 nitrogen and oxygen atoms in total. The van der Waals surface area contributed by atoms with Crippen LogP contribution in [0.15, 0.2) is 48.7 Å². The minimum atomic E-state index is 0.632. The van der Waals surface area contributed by atoms with Gasteiger partial charge >= 0.3 is 0 Å². The Morgan fingerprint density at radius 3 is 2.77 bits per heavy atom. The SMILES string of the molecule is Cc1nc(-c2cccc(OCCN(C)C)c2)nc(Nc2ccc3[nH]ncc3c2)c1C. The van der Waals surface area contributed by atoms with E-state index in [2.05, 4.69) is 26.5 Å². The third-order valence-corrected chi connectivity index (χ3v) is 4.99. The Kier molecular flexibility index (Phi) is 5.63. The molecule has 0 bridgehead atoms. The summed E-state index contributed by atoms with van der Waals surface area (Å²) in [6, 6.07) is 14.0. The summed E-state index contributed by atoms with van der Waals surface area (Å²) in [5, 5.41) is 11.5.